The molecule has 0 unspecified atom stereocenters. The summed E-state index contributed by atoms with van der Waals surface area (Å²) >= 11 is 0. The van der Waals surface area contributed by atoms with Gasteiger partial charge >= 0.3 is 0 Å². The second-order valence-corrected chi connectivity index (χ2v) is 8.68. The quantitative estimate of drug-likeness (QED) is 0.815. The molecule has 0 radical (unpaired) electrons. The van der Waals surface area contributed by atoms with Gasteiger partial charge in [-0.15, -0.1) is 0 Å². The smallest absolute Gasteiger partial charge is 0.128 e. The van der Waals surface area contributed by atoms with E-state index in [2.05, 4.69) is 11.1 Å². The molecule has 4 fully saturated rings. The highest BCUT2D eigenvalue weighted by molar-refractivity contribution is 5.85. The average molecular weight is 327 g/mol. The van der Waals surface area contributed by atoms with Gasteiger partial charge in [0.1, 0.15) is 11.5 Å². The van der Waals surface area contributed by atoms with Crippen LogP contribution >= 0.6 is 0 Å². The number of rotatable bonds is 4. The molecule has 1 N–H and O–H groups in total. The van der Waals surface area contributed by atoms with Gasteiger partial charge < -0.3 is 9.84 Å². The molecule has 0 aromatic heterocycles. The molecule has 4 aliphatic rings. The molecule has 130 valence electrons. The molecular weight excluding hydrogens is 298 g/mol. The maximum absolute atomic E-state index is 11.0. The molecule has 0 amide bonds. The zero-order chi connectivity index (χ0) is 16.9. The van der Waals surface area contributed by atoms with E-state index in [9.17, 15) is 5.11 Å². The number of aromatic hydroxyl groups is 1. The number of hydrogen-bond donors (Lipinski definition) is 1. The first-order valence-electron chi connectivity index (χ1n) is 9.44. The van der Waals surface area contributed by atoms with Crippen LogP contribution in [0.5, 0.6) is 11.5 Å². The third-order valence-electron chi connectivity index (χ3n) is 6.47. The normalized spacial score (nSPS) is 34.4. The molecule has 1 aromatic carbocycles. The van der Waals surface area contributed by atoms with Gasteiger partial charge in [-0.25, -0.2) is 0 Å². The van der Waals surface area contributed by atoms with E-state index < -0.39 is 0 Å². The molecule has 0 saturated heterocycles. The van der Waals surface area contributed by atoms with Crippen LogP contribution in [-0.2, 0) is 5.41 Å². The van der Waals surface area contributed by atoms with E-state index in [1.807, 2.05) is 26.1 Å². The fraction of sp³-hybridized carbons (Fsp3) is 0.667. The van der Waals surface area contributed by atoms with Crippen LogP contribution in [-0.4, -0.2) is 24.5 Å². The number of aliphatic imine (C=N–C) groups is 1. The maximum Gasteiger partial charge on any atom is 0.128 e. The molecule has 4 aliphatic carbocycles. The SMILES string of the molecule is COc1cc(C=NC(C)C)c(O)c(C23CC4CC(CC(C4)C2)C3)c1. The van der Waals surface area contributed by atoms with Gasteiger partial charge in [-0.05, 0) is 87.7 Å². The van der Waals surface area contributed by atoms with Crippen LogP contribution in [0, 0.1) is 17.8 Å². The molecule has 0 aliphatic heterocycles. The van der Waals surface area contributed by atoms with Gasteiger partial charge in [0.25, 0.3) is 0 Å². The van der Waals surface area contributed by atoms with Gasteiger partial charge in [0.15, 0.2) is 0 Å². The zero-order valence-electron chi connectivity index (χ0n) is 15.1. The van der Waals surface area contributed by atoms with E-state index in [0.29, 0.717) is 5.75 Å². The predicted octanol–water partition coefficient (Wildman–Crippen LogP) is 4.70. The molecule has 3 nitrogen and oxygen atoms in total. The van der Waals surface area contributed by atoms with Crippen molar-refractivity contribution in [2.24, 2.45) is 22.7 Å². The second kappa shape index (κ2) is 5.79. The Bertz CT molecular complexity index is 627. The van der Waals surface area contributed by atoms with Crippen LogP contribution < -0.4 is 4.74 Å². The molecule has 4 saturated carbocycles. The third kappa shape index (κ3) is 2.62. The topological polar surface area (TPSA) is 41.8 Å². The lowest BCUT2D eigenvalue weighted by molar-refractivity contribution is -0.00622. The van der Waals surface area contributed by atoms with Crippen LogP contribution in [0.1, 0.15) is 63.5 Å². The largest absolute Gasteiger partial charge is 0.507 e. The molecule has 0 heterocycles. The number of phenolic OH excluding ortho intramolecular Hbond substituents is 1. The highest BCUT2D eigenvalue weighted by Gasteiger charge is 2.52. The lowest BCUT2D eigenvalue weighted by atomic mass is 9.48. The van der Waals surface area contributed by atoms with Crippen LogP contribution in [0.25, 0.3) is 0 Å². The maximum atomic E-state index is 11.0. The van der Waals surface area contributed by atoms with Crippen molar-refractivity contribution < 1.29 is 9.84 Å². The van der Waals surface area contributed by atoms with Crippen molar-refractivity contribution in [1.29, 1.82) is 0 Å². The molecule has 5 rings (SSSR count). The van der Waals surface area contributed by atoms with Crippen LogP contribution in [0.4, 0.5) is 0 Å². The Morgan fingerprint density at radius 2 is 1.71 bits per heavy atom. The van der Waals surface area contributed by atoms with Crippen molar-refractivity contribution in [2.45, 2.75) is 63.8 Å². The highest BCUT2D eigenvalue weighted by Crippen LogP contribution is 2.62. The summed E-state index contributed by atoms with van der Waals surface area (Å²) in [4.78, 5) is 4.48. The molecular formula is C21H29NO2. The minimum Gasteiger partial charge on any atom is -0.507 e. The van der Waals surface area contributed by atoms with Crippen LogP contribution in [0.3, 0.4) is 0 Å². The molecule has 24 heavy (non-hydrogen) atoms. The van der Waals surface area contributed by atoms with Gasteiger partial charge in [0.2, 0.25) is 0 Å². The summed E-state index contributed by atoms with van der Waals surface area (Å²) in [6.45, 7) is 4.10. The molecule has 0 spiro atoms. The first kappa shape index (κ1) is 16.0. The molecule has 0 atom stereocenters. The fourth-order valence-electron chi connectivity index (χ4n) is 5.92. The zero-order valence-corrected chi connectivity index (χ0v) is 15.1. The van der Waals surface area contributed by atoms with Crippen molar-refractivity contribution in [2.75, 3.05) is 7.11 Å². The van der Waals surface area contributed by atoms with E-state index in [0.717, 1.165) is 34.6 Å². The van der Waals surface area contributed by atoms with Gasteiger partial charge in [-0.1, -0.05) is 0 Å². The van der Waals surface area contributed by atoms with E-state index in [-0.39, 0.29) is 11.5 Å². The Labute approximate surface area is 145 Å². The summed E-state index contributed by atoms with van der Waals surface area (Å²) < 4.78 is 5.55. The predicted molar refractivity (Wildman–Crippen MR) is 97.2 cm³/mol. The Morgan fingerprint density at radius 1 is 1.12 bits per heavy atom. The van der Waals surface area contributed by atoms with Gasteiger partial charge in [-0.2, -0.15) is 0 Å². The van der Waals surface area contributed by atoms with Gasteiger partial charge in [0, 0.05) is 23.4 Å². The van der Waals surface area contributed by atoms with Crippen molar-refractivity contribution in [3.63, 3.8) is 0 Å². The number of ether oxygens (including phenoxy) is 1. The average Bonchev–Trinajstić information content (AvgIpc) is 2.52. The Balaban J connectivity index is 1.78. The molecule has 3 heteroatoms. The standard InChI is InChI=1S/C21H29NO2/c1-13(2)22-12-17-7-18(24-3)8-19(20(17)23)21-9-14-4-15(10-21)6-16(5-14)11-21/h7-8,12-16,23H,4-6,9-11H2,1-3H3. The summed E-state index contributed by atoms with van der Waals surface area (Å²) in [7, 11) is 1.71. The van der Waals surface area contributed by atoms with E-state index in [1.54, 1.807) is 7.11 Å². The third-order valence-corrected chi connectivity index (χ3v) is 6.47. The lowest BCUT2D eigenvalue weighted by Gasteiger charge is -2.57. The van der Waals surface area contributed by atoms with E-state index in [1.165, 1.54) is 38.5 Å². The first-order valence-corrected chi connectivity index (χ1v) is 9.44. The van der Waals surface area contributed by atoms with Crippen molar-refractivity contribution >= 4 is 6.21 Å². The van der Waals surface area contributed by atoms with Crippen molar-refractivity contribution in [1.82, 2.24) is 0 Å². The number of phenols is 1. The summed E-state index contributed by atoms with van der Waals surface area (Å²) in [5, 5.41) is 11.0. The van der Waals surface area contributed by atoms with Crippen molar-refractivity contribution in [3.8, 4) is 11.5 Å². The fourth-order valence-corrected chi connectivity index (χ4v) is 5.92. The van der Waals surface area contributed by atoms with Crippen LogP contribution in [0.15, 0.2) is 17.1 Å². The van der Waals surface area contributed by atoms with Crippen molar-refractivity contribution in [3.05, 3.63) is 23.3 Å². The van der Waals surface area contributed by atoms with Crippen LogP contribution in [0.2, 0.25) is 0 Å². The van der Waals surface area contributed by atoms with Gasteiger partial charge in [-0.3, -0.25) is 4.99 Å². The van der Waals surface area contributed by atoms with E-state index >= 15 is 0 Å². The minimum atomic E-state index is 0.161. The van der Waals surface area contributed by atoms with Gasteiger partial charge in [0.05, 0.1) is 7.11 Å². The molecule has 4 bridgehead atoms. The summed E-state index contributed by atoms with van der Waals surface area (Å²) in [6.07, 6.45) is 9.75. The summed E-state index contributed by atoms with van der Waals surface area (Å²) in [5.74, 6) is 3.84. The van der Waals surface area contributed by atoms with E-state index in [4.69, 9.17) is 4.74 Å². The summed E-state index contributed by atoms with van der Waals surface area (Å²) in [5.41, 5.74) is 2.08. The lowest BCUT2D eigenvalue weighted by Crippen LogP contribution is -2.48. The second-order valence-electron chi connectivity index (χ2n) is 8.68. The monoisotopic (exact) mass is 327 g/mol. The molecule has 1 aromatic rings. The first-order chi connectivity index (χ1) is 11.5. The highest BCUT2D eigenvalue weighted by atomic mass is 16.5. The number of methoxy groups -OCH3 is 1. The minimum absolute atomic E-state index is 0.161. The number of nitrogens with zero attached hydrogens (tertiary/aromatic N) is 1. The Morgan fingerprint density at radius 3 is 2.21 bits per heavy atom. The Kier molecular flexibility index (Phi) is 3.85. The Hall–Kier alpha value is -1.51. The number of benzene rings is 1. The number of hydrogen-bond acceptors (Lipinski definition) is 3. The summed E-state index contributed by atoms with van der Waals surface area (Å²) in [6, 6.07) is 4.22.